The van der Waals surface area contributed by atoms with Crippen LogP contribution in [0.15, 0.2) is 53.4 Å². The lowest BCUT2D eigenvalue weighted by atomic mass is 10.3. The second-order valence-corrected chi connectivity index (χ2v) is 8.05. The Morgan fingerprint density at radius 1 is 0.926 bits per heavy atom. The molecule has 0 bridgehead atoms. The SMILES string of the molecule is O=C(CN1CCN(S(=O)(=O)c2ccccc2F)CC1)Nc1ccccc1F. The summed E-state index contributed by atoms with van der Waals surface area (Å²) in [5, 5.41) is 2.50. The van der Waals surface area contributed by atoms with Gasteiger partial charge in [0.05, 0.1) is 12.2 Å². The molecule has 1 fully saturated rings. The number of nitrogens with zero attached hydrogens (tertiary/aromatic N) is 2. The van der Waals surface area contributed by atoms with E-state index in [0.717, 1.165) is 6.07 Å². The van der Waals surface area contributed by atoms with Gasteiger partial charge >= 0.3 is 0 Å². The predicted molar refractivity (Wildman–Crippen MR) is 96.6 cm³/mol. The third-order valence-electron chi connectivity index (χ3n) is 4.30. The fourth-order valence-electron chi connectivity index (χ4n) is 2.88. The number of carbonyl (C=O) groups excluding carboxylic acids is 1. The zero-order valence-corrected chi connectivity index (χ0v) is 15.3. The summed E-state index contributed by atoms with van der Waals surface area (Å²) >= 11 is 0. The minimum absolute atomic E-state index is 0.0158. The van der Waals surface area contributed by atoms with E-state index in [2.05, 4.69) is 5.32 Å². The maximum Gasteiger partial charge on any atom is 0.246 e. The van der Waals surface area contributed by atoms with Gasteiger partial charge in [0.25, 0.3) is 0 Å². The van der Waals surface area contributed by atoms with Gasteiger partial charge in [-0.05, 0) is 24.3 Å². The molecule has 1 amide bonds. The summed E-state index contributed by atoms with van der Waals surface area (Å²) in [6, 6.07) is 11.1. The standard InChI is InChI=1S/C18H19F2N3O3S/c19-14-5-1-3-7-16(14)21-18(24)13-22-9-11-23(12-10-22)27(25,26)17-8-4-2-6-15(17)20/h1-8H,9-13H2,(H,21,24). The summed E-state index contributed by atoms with van der Waals surface area (Å²) in [6.45, 7) is 0.936. The highest BCUT2D eigenvalue weighted by Gasteiger charge is 2.30. The van der Waals surface area contributed by atoms with Crippen molar-refractivity contribution < 1.29 is 22.0 Å². The molecule has 0 radical (unpaired) electrons. The zero-order chi connectivity index (χ0) is 19.4. The van der Waals surface area contributed by atoms with Gasteiger partial charge in [-0.1, -0.05) is 24.3 Å². The molecule has 0 atom stereocenters. The van der Waals surface area contributed by atoms with Gasteiger partial charge in [-0.3, -0.25) is 9.69 Å². The summed E-state index contributed by atoms with van der Waals surface area (Å²) in [7, 11) is -3.92. The number of benzene rings is 2. The monoisotopic (exact) mass is 395 g/mol. The number of para-hydroxylation sites is 1. The highest BCUT2D eigenvalue weighted by molar-refractivity contribution is 7.89. The van der Waals surface area contributed by atoms with E-state index < -0.39 is 21.7 Å². The molecular weight excluding hydrogens is 376 g/mol. The van der Waals surface area contributed by atoms with E-state index in [0.29, 0.717) is 13.1 Å². The Bertz CT molecular complexity index is 929. The molecule has 1 N–H and O–H groups in total. The first-order valence-electron chi connectivity index (χ1n) is 8.39. The molecule has 2 aromatic carbocycles. The van der Waals surface area contributed by atoms with E-state index in [1.807, 2.05) is 0 Å². The first-order valence-corrected chi connectivity index (χ1v) is 9.83. The van der Waals surface area contributed by atoms with Gasteiger partial charge in [0.1, 0.15) is 16.5 Å². The number of hydrogen-bond donors (Lipinski definition) is 1. The van der Waals surface area contributed by atoms with Gasteiger partial charge in [0.2, 0.25) is 15.9 Å². The van der Waals surface area contributed by atoms with Gasteiger partial charge < -0.3 is 5.32 Å². The first-order chi connectivity index (χ1) is 12.9. The van der Waals surface area contributed by atoms with E-state index in [1.54, 1.807) is 11.0 Å². The summed E-state index contributed by atoms with van der Waals surface area (Å²) in [5.41, 5.74) is 0.100. The second kappa shape index (κ2) is 8.12. The zero-order valence-electron chi connectivity index (χ0n) is 14.4. The lowest BCUT2D eigenvalue weighted by Gasteiger charge is -2.33. The molecule has 0 saturated carbocycles. The van der Waals surface area contributed by atoms with Gasteiger partial charge in [0, 0.05) is 26.2 Å². The summed E-state index contributed by atoms with van der Waals surface area (Å²) in [6.07, 6.45) is 0. The summed E-state index contributed by atoms with van der Waals surface area (Å²) in [4.78, 5) is 13.5. The Kier molecular flexibility index (Phi) is 5.83. The van der Waals surface area contributed by atoms with Gasteiger partial charge in [-0.2, -0.15) is 4.31 Å². The Hall–Kier alpha value is -2.36. The molecule has 1 heterocycles. The van der Waals surface area contributed by atoms with Crippen molar-refractivity contribution >= 4 is 21.6 Å². The summed E-state index contributed by atoms with van der Waals surface area (Å²) in [5.74, 6) is -1.69. The van der Waals surface area contributed by atoms with Gasteiger partial charge in [-0.15, -0.1) is 0 Å². The van der Waals surface area contributed by atoms with Crippen LogP contribution >= 0.6 is 0 Å². The predicted octanol–water partition coefficient (Wildman–Crippen LogP) is 1.91. The molecule has 1 saturated heterocycles. The average molecular weight is 395 g/mol. The van der Waals surface area contributed by atoms with Crippen LogP contribution in [0.2, 0.25) is 0 Å². The number of rotatable bonds is 5. The quantitative estimate of drug-likeness (QED) is 0.840. The van der Waals surface area contributed by atoms with E-state index in [1.165, 1.54) is 40.7 Å². The Morgan fingerprint density at radius 3 is 2.15 bits per heavy atom. The van der Waals surface area contributed by atoms with Gasteiger partial charge in [0.15, 0.2) is 0 Å². The molecule has 0 unspecified atom stereocenters. The van der Waals surface area contributed by atoms with Crippen LogP contribution in [-0.4, -0.2) is 56.3 Å². The van der Waals surface area contributed by atoms with Crippen LogP contribution in [0.1, 0.15) is 0 Å². The molecule has 2 aromatic rings. The van der Waals surface area contributed by atoms with Crippen LogP contribution in [0.25, 0.3) is 0 Å². The maximum absolute atomic E-state index is 13.8. The third kappa shape index (κ3) is 4.49. The van der Waals surface area contributed by atoms with Crippen LogP contribution < -0.4 is 5.32 Å². The molecule has 0 aromatic heterocycles. The number of piperazine rings is 1. The lowest BCUT2D eigenvalue weighted by Crippen LogP contribution is -2.50. The maximum atomic E-state index is 13.8. The van der Waals surface area contributed by atoms with E-state index in [9.17, 15) is 22.0 Å². The van der Waals surface area contributed by atoms with Crippen molar-refractivity contribution in [3.63, 3.8) is 0 Å². The van der Waals surface area contributed by atoms with Crippen molar-refractivity contribution in [1.29, 1.82) is 0 Å². The molecule has 1 aliphatic heterocycles. The largest absolute Gasteiger partial charge is 0.322 e. The fraction of sp³-hybridized carbons (Fsp3) is 0.278. The van der Waals surface area contributed by atoms with Crippen molar-refractivity contribution in [2.24, 2.45) is 0 Å². The average Bonchev–Trinajstić information content (AvgIpc) is 2.64. The molecule has 27 heavy (non-hydrogen) atoms. The van der Waals surface area contributed by atoms with Crippen LogP contribution in [-0.2, 0) is 14.8 Å². The molecule has 3 rings (SSSR count). The number of amides is 1. The van der Waals surface area contributed by atoms with Gasteiger partial charge in [-0.25, -0.2) is 17.2 Å². The highest BCUT2D eigenvalue weighted by Crippen LogP contribution is 2.20. The molecule has 0 spiro atoms. The first kappa shape index (κ1) is 19.4. The van der Waals surface area contributed by atoms with Crippen LogP contribution in [0.4, 0.5) is 14.5 Å². The number of sulfonamides is 1. The summed E-state index contributed by atoms with van der Waals surface area (Å²) < 4.78 is 53.7. The van der Waals surface area contributed by atoms with Crippen molar-refractivity contribution in [3.05, 3.63) is 60.2 Å². The topological polar surface area (TPSA) is 69.7 Å². The second-order valence-electron chi connectivity index (χ2n) is 6.14. The molecule has 144 valence electrons. The number of hydrogen-bond acceptors (Lipinski definition) is 4. The van der Waals surface area contributed by atoms with Crippen molar-refractivity contribution in [2.75, 3.05) is 38.0 Å². The molecule has 1 aliphatic rings. The van der Waals surface area contributed by atoms with Crippen LogP contribution in [0.3, 0.4) is 0 Å². The van der Waals surface area contributed by atoms with E-state index in [-0.39, 0.29) is 36.1 Å². The van der Waals surface area contributed by atoms with Crippen LogP contribution in [0.5, 0.6) is 0 Å². The Balaban J connectivity index is 1.57. The van der Waals surface area contributed by atoms with Crippen molar-refractivity contribution in [3.8, 4) is 0 Å². The lowest BCUT2D eigenvalue weighted by molar-refractivity contribution is -0.117. The van der Waals surface area contributed by atoms with Crippen LogP contribution in [0, 0.1) is 11.6 Å². The van der Waals surface area contributed by atoms with Crippen molar-refractivity contribution in [1.82, 2.24) is 9.21 Å². The van der Waals surface area contributed by atoms with E-state index in [4.69, 9.17) is 0 Å². The Morgan fingerprint density at radius 2 is 1.52 bits per heavy atom. The normalized spacial score (nSPS) is 16.2. The molecular formula is C18H19F2N3O3S. The number of carbonyl (C=O) groups is 1. The molecule has 9 heteroatoms. The van der Waals surface area contributed by atoms with Crippen molar-refractivity contribution in [2.45, 2.75) is 4.90 Å². The fourth-order valence-corrected chi connectivity index (χ4v) is 4.36. The molecule has 6 nitrogen and oxygen atoms in total. The minimum Gasteiger partial charge on any atom is -0.322 e. The Labute approximate surface area is 156 Å². The highest BCUT2D eigenvalue weighted by atomic mass is 32.2. The smallest absolute Gasteiger partial charge is 0.246 e. The van der Waals surface area contributed by atoms with E-state index >= 15 is 0 Å². The number of nitrogens with one attached hydrogen (secondary N) is 1. The third-order valence-corrected chi connectivity index (χ3v) is 6.23. The number of anilines is 1. The number of halogens is 2. The molecule has 0 aliphatic carbocycles. The minimum atomic E-state index is -3.92.